The first-order chi connectivity index (χ1) is 12.7. The topological polar surface area (TPSA) is 55.9 Å². The van der Waals surface area contributed by atoms with Crippen molar-refractivity contribution in [1.82, 2.24) is 20.0 Å². The monoisotopic (exact) mass is 364 g/mol. The van der Waals surface area contributed by atoms with Crippen LogP contribution < -0.4 is 5.32 Å². The second-order valence-corrected chi connectivity index (χ2v) is 8.27. The highest BCUT2D eigenvalue weighted by molar-refractivity contribution is 5.78. The number of piperazine rings is 1. The standard InChI is InChI=1S/C20H36N4O2/c25-19(21-9-5-11-24-10-4-8-20(24)26)17-23-14-12-22(13-15-23)16-18-6-2-1-3-7-18/h18H,1-17H2,(H,21,25). The molecule has 3 rings (SSSR count). The summed E-state index contributed by atoms with van der Waals surface area (Å²) in [5.41, 5.74) is 0. The summed E-state index contributed by atoms with van der Waals surface area (Å²) in [5.74, 6) is 1.29. The van der Waals surface area contributed by atoms with E-state index in [1.165, 1.54) is 38.6 Å². The van der Waals surface area contributed by atoms with E-state index < -0.39 is 0 Å². The van der Waals surface area contributed by atoms with Gasteiger partial charge in [0.05, 0.1) is 6.54 Å². The van der Waals surface area contributed by atoms with Crippen LogP contribution in [0.3, 0.4) is 0 Å². The number of nitrogens with one attached hydrogen (secondary N) is 1. The number of hydrogen-bond acceptors (Lipinski definition) is 4. The zero-order valence-corrected chi connectivity index (χ0v) is 16.3. The predicted molar refractivity (Wildman–Crippen MR) is 103 cm³/mol. The van der Waals surface area contributed by atoms with Crippen LogP contribution in [-0.2, 0) is 9.59 Å². The van der Waals surface area contributed by atoms with Gasteiger partial charge in [0.2, 0.25) is 11.8 Å². The minimum atomic E-state index is 0.124. The molecule has 1 N–H and O–H groups in total. The molecule has 1 aliphatic carbocycles. The molecule has 1 saturated carbocycles. The zero-order valence-electron chi connectivity index (χ0n) is 16.3. The van der Waals surface area contributed by atoms with E-state index >= 15 is 0 Å². The number of rotatable bonds is 8. The molecule has 0 aromatic rings. The van der Waals surface area contributed by atoms with Crippen molar-refractivity contribution in [3.63, 3.8) is 0 Å². The SMILES string of the molecule is O=C(CN1CCN(CC2CCCCC2)CC1)NCCCN1CCCC1=O. The number of carbonyl (C=O) groups is 2. The fraction of sp³-hybridized carbons (Fsp3) is 0.900. The van der Waals surface area contributed by atoms with E-state index in [-0.39, 0.29) is 11.8 Å². The summed E-state index contributed by atoms with van der Waals surface area (Å²) in [7, 11) is 0. The Labute approximate surface area is 158 Å². The lowest BCUT2D eigenvalue weighted by atomic mass is 9.89. The van der Waals surface area contributed by atoms with Crippen LogP contribution in [0.1, 0.15) is 51.4 Å². The molecule has 6 nitrogen and oxygen atoms in total. The van der Waals surface area contributed by atoms with E-state index in [2.05, 4.69) is 15.1 Å². The molecule has 0 atom stereocenters. The third kappa shape index (κ3) is 6.23. The number of amides is 2. The van der Waals surface area contributed by atoms with Gasteiger partial charge in [0.25, 0.3) is 0 Å². The van der Waals surface area contributed by atoms with Gasteiger partial charge in [-0.2, -0.15) is 0 Å². The Morgan fingerprint density at radius 3 is 2.38 bits per heavy atom. The lowest BCUT2D eigenvalue weighted by molar-refractivity contribution is -0.127. The van der Waals surface area contributed by atoms with Gasteiger partial charge in [0.15, 0.2) is 0 Å². The number of hydrogen-bond donors (Lipinski definition) is 1. The van der Waals surface area contributed by atoms with Gasteiger partial charge in [-0.25, -0.2) is 0 Å². The summed E-state index contributed by atoms with van der Waals surface area (Å²) >= 11 is 0. The smallest absolute Gasteiger partial charge is 0.234 e. The van der Waals surface area contributed by atoms with Crippen LogP contribution in [0, 0.1) is 5.92 Å². The molecule has 3 fully saturated rings. The highest BCUT2D eigenvalue weighted by Crippen LogP contribution is 2.24. The normalized spacial score (nSPS) is 23.5. The van der Waals surface area contributed by atoms with Gasteiger partial charge in [0.1, 0.15) is 0 Å². The Bertz CT molecular complexity index is 457. The molecular weight excluding hydrogens is 328 g/mol. The van der Waals surface area contributed by atoms with Gasteiger partial charge in [-0.1, -0.05) is 19.3 Å². The number of nitrogens with zero attached hydrogens (tertiary/aromatic N) is 3. The Morgan fingerprint density at radius 2 is 1.69 bits per heavy atom. The molecule has 0 aromatic heterocycles. The molecule has 0 aromatic carbocycles. The molecule has 6 heteroatoms. The fourth-order valence-corrected chi connectivity index (χ4v) is 4.56. The van der Waals surface area contributed by atoms with Crippen molar-refractivity contribution in [3.8, 4) is 0 Å². The van der Waals surface area contributed by atoms with Gasteiger partial charge >= 0.3 is 0 Å². The molecule has 148 valence electrons. The maximum absolute atomic E-state index is 12.1. The van der Waals surface area contributed by atoms with Crippen molar-refractivity contribution in [1.29, 1.82) is 0 Å². The lowest BCUT2D eigenvalue weighted by Gasteiger charge is -2.37. The van der Waals surface area contributed by atoms with Crippen LogP contribution in [0.4, 0.5) is 0 Å². The van der Waals surface area contributed by atoms with Crippen molar-refractivity contribution in [2.24, 2.45) is 5.92 Å². The molecule has 0 radical (unpaired) electrons. The Balaban J connectivity index is 1.23. The Hall–Kier alpha value is -1.14. The third-order valence-corrected chi connectivity index (χ3v) is 6.17. The highest BCUT2D eigenvalue weighted by Gasteiger charge is 2.23. The van der Waals surface area contributed by atoms with Gasteiger partial charge in [-0.3, -0.25) is 14.5 Å². The van der Waals surface area contributed by atoms with Crippen LogP contribution in [0.15, 0.2) is 0 Å². The van der Waals surface area contributed by atoms with Crippen LogP contribution in [0.2, 0.25) is 0 Å². The Morgan fingerprint density at radius 1 is 0.962 bits per heavy atom. The quantitative estimate of drug-likeness (QED) is 0.660. The molecule has 2 heterocycles. The maximum Gasteiger partial charge on any atom is 0.234 e. The van der Waals surface area contributed by atoms with Crippen LogP contribution >= 0.6 is 0 Å². The fourth-order valence-electron chi connectivity index (χ4n) is 4.56. The summed E-state index contributed by atoms with van der Waals surface area (Å²) in [6.45, 7) is 8.31. The zero-order chi connectivity index (χ0) is 18.2. The minimum Gasteiger partial charge on any atom is -0.355 e. The van der Waals surface area contributed by atoms with Crippen molar-refractivity contribution in [3.05, 3.63) is 0 Å². The van der Waals surface area contributed by atoms with Crippen molar-refractivity contribution in [2.45, 2.75) is 51.4 Å². The molecule has 0 spiro atoms. The van der Waals surface area contributed by atoms with Gasteiger partial charge in [-0.05, 0) is 31.6 Å². The summed E-state index contributed by atoms with van der Waals surface area (Å²) in [6.07, 6.45) is 9.60. The molecule has 2 aliphatic heterocycles. The average Bonchev–Trinajstić information content (AvgIpc) is 3.06. The van der Waals surface area contributed by atoms with Gasteiger partial charge < -0.3 is 15.1 Å². The Kier molecular flexibility index (Phi) is 7.74. The second-order valence-electron chi connectivity index (χ2n) is 8.27. The molecule has 0 bridgehead atoms. The van der Waals surface area contributed by atoms with Crippen LogP contribution in [0.25, 0.3) is 0 Å². The average molecular weight is 365 g/mol. The predicted octanol–water partition coefficient (Wildman–Crippen LogP) is 1.31. The molecule has 0 unspecified atom stereocenters. The summed E-state index contributed by atoms with van der Waals surface area (Å²) < 4.78 is 0. The van der Waals surface area contributed by atoms with Crippen LogP contribution in [0.5, 0.6) is 0 Å². The first-order valence-corrected chi connectivity index (χ1v) is 10.7. The second kappa shape index (κ2) is 10.3. The molecule has 2 amide bonds. The maximum atomic E-state index is 12.1. The largest absolute Gasteiger partial charge is 0.355 e. The first-order valence-electron chi connectivity index (χ1n) is 10.7. The summed E-state index contributed by atoms with van der Waals surface area (Å²) in [5, 5.41) is 3.01. The van der Waals surface area contributed by atoms with E-state index in [4.69, 9.17) is 0 Å². The van der Waals surface area contributed by atoms with E-state index in [9.17, 15) is 9.59 Å². The molecule has 3 aliphatic rings. The van der Waals surface area contributed by atoms with E-state index in [1.807, 2.05) is 4.90 Å². The van der Waals surface area contributed by atoms with Gasteiger partial charge in [-0.15, -0.1) is 0 Å². The molecule has 2 saturated heterocycles. The lowest BCUT2D eigenvalue weighted by Crippen LogP contribution is -2.50. The molecule has 26 heavy (non-hydrogen) atoms. The van der Waals surface area contributed by atoms with Gasteiger partial charge in [0, 0.05) is 58.8 Å². The van der Waals surface area contributed by atoms with Crippen LogP contribution in [-0.4, -0.2) is 85.4 Å². The third-order valence-electron chi connectivity index (χ3n) is 6.17. The van der Waals surface area contributed by atoms with Crippen molar-refractivity contribution in [2.75, 3.05) is 58.9 Å². The summed E-state index contributed by atoms with van der Waals surface area (Å²) in [4.78, 5) is 30.5. The van der Waals surface area contributed by atoms with E-state index in [0.717, 1.165) is 58.0 Å². The van der Waals surface area contributed by atoms with Crippen molar-refractivity contribution < 1.29 is 9.59 Å². The highest BCUT2D eigenvalue weighted by atomic mass is 16.2. The van der Waals surface area contributed by atoms with E-state index in [0.29, 0.717) is 19.5 Å². The van der Waals surface area contributed by atoms with E-state index in [1.54, 1.807) is 0 Å². The first kappa shape index (κ1) is 19.6. The number of carbonyl (C=O) groups excluding carboxylic acids is 2. The number of likely N-dealkylation sites (tertiary alicyclic amines) is 1. The minimum absolute atomic E-state index is 0.124. The summed E-state index contributed by atoms with van der Waals surface area (Å²) in [6, 6.07) is 0. The molecular formula is C20H36N4O2. The van der Waals surface area contributed by atoms with Crippen molar-refractivity contribution >= 4 is 11.8 Å².